The second-order valence-corrected chi connectivity index (χ2v) is 6.89. The van der Waals surface area contributed by atoms with E-state index in [0.717, 1.165) is 39.6 Å². The predicted octanol–water partition coefficient (Wildman–Crippen LogP) is 4.18. The van der Waals surface area contributed by atoms with Crippen LogP contribution in [-0.2, 0) is 4.79 Å². The summed E-state index contributed by atoms with van der Waals surface area (Å²) < 4.78 is 11.3. The molecule has 2 aromatic rings. The summed E-state index contributed by atoms with van der Waals surface area (Å²) in [4.78, 5) is 14.9. The quantitative estimate of drug-likeness (QED) is 0.862. The molecule has 0 spiro atoms. The maximum absolute atomic E-state index is 12.8. The van der Waals surface area contributed by atoms with Crippen LogP contribution in [0.3, 0.4) is 0 Å². The first kappa shape index (κ1) is 18.8. The number of fused-ring (bicyclic) bond motifs is 1. The smallest absolute Gasteiger partial charge is 0.255 e. The van der Waals surface area contributed by atoms with Crippen molar-refractivity contribution in [2.45, 2.75) is 20.8 Å². The first-order chi connectivity index (χ1) is 12.9. The largest absolute Gasteiger partial charge is 0.494 e. The third kappa shape index (κ3) is 4.08. The van der Waals surface area contributed by atoms with E-state index in [1.54, 1.807) is 0 Å². The third-order valence-electron chi connectivity index (χ3n) is 4.57. The fraction of sp³-hybridized carbons (Fsp3) is 0.318. The molecule has 0 aromatic heterocycles. The lowest BCUT2D eigenvalue weighted by molar-refractivity contribution is -0.113. The number of anilines is 2. The van der Waals surface area contributed by atoms with Gasteiger partial charge in [-0.1, -0.05) is 0 Å². The molecule has 0 bridgehead atoms. The van der Waals surface area contributed by atoms with E-state index in [0.29, 0.717) is 12.2 Å². The number of hydrogen-bond donors (Lipinski definition) is 1. The van der Waals surface area contributed by atoms with Crippen molar-refractivity contribution in [2.24, 2.45) is 0 Å². The van der Waals surface area contributed by atoms with Gasteiger partial charge < -0.3 is 19.7 Å². The van der Waals surface area contributed by atoms with E-state index in [2.05, 4.69) is 22.3 Å². The highest BCUT2D eigenvalue weighted by Crippen LogP contribution is 2.31. The normalized spacial score (nSPS) is 12.6. The average molecular weight is 366 g/mol. The van der Waals surface area contributed by atoms with Crippen LogP contribution in [-0.4, -0.2) is 33.2 Å². The predicted molar refractivity (Wildman–Crippen MR) is 110 cm³/mol. The van der Waals surface area contributed by atoms with Gasteiger partial charge in [0.15, 0.2) is 0 Å². The molecule has 2 aromatic carbocycles. The molecule has 1 aliphatic heterocycles. The first-order valence-corrected chi connectivity index (χ1v) is 9.09. The van der Waals surface area contributed by atoms with Crippen molar-refractivity contribution in [1.82, 2.24) is 0 Å². The summed E-state index contributed by atoms with van der Waals surface area (Å²) in [6.45, 7) is 6.80. The zero-order valence-electron chi connectivity index (χ0n) is 16.6. The second kappa shape index (κ2) is 7.74. The Morgan fingerprint density at radius 2 is 1.89 bits per heavy atom. The van der Waals surface area contributed by atoms with E-state index in [1.165, 1.54) is 0 Å². The highest BCUT2D eigenvalue weighted by Gasteiger charge is 2.19. The van der Waals surface area contributed by atoms with Crippen molar-refractivity contribution < 1.29 is 14.3 Å². The summed E-state index contributed by atoms with van der Waals surface area (Å²) in [5, 5.41) is 3.05. The van der Waals surface area contributed by atoms with Crippen LogP contribution in [0.2, 0.25) is 0 Å². The van der Waals surface area contributed by atoms with Gasteiger partial charge in [0.05, 0.1) is 12.2 Å². The van der Waals surface area contributed by atoms with E-state index >= 15 is 0 Å². The van der Waals surface area contributed by atoms with E-state index < -0.39 is 0 Å². The molecule has 0 saturated carbocycles. The standard InChI is InChI=1S/C22H26N2O3/c1-6-26-19-7-8-20-16(12-19)11-17(13-27-20)22(25)23-21-14(2)9-18(24(4)5)10-15(21)3/h7-12H,6,13H2,1-5H3,(H,23,25). The molecule has 27 heavy (non-hydrogen) atoms. The molecule has 1 N–H and O–H groups in total. The molecule has 0 atom stereocenters. The Morgan fingerprint density at radius 3 is 2.52 bits per heavy atom. The number of hydrogen-bond acceptors (Lipinski definition) is 4. The maximum Gasteiger partial charge on any atom is 0.255 e. The van der Waals surface area contributed by atoms with Crippen LogP contribution < -0.4 is 19.7 Å². The van der Waals surface area contributed by atoms with Gasteiger partial charge >= 0.3 is 0 Å². The van der Waals surface area contributed by atoms with Crippen molar-refractivity contribution in [3.63, 3.8) is 0 Å². The van der Waals surface area contributed by atoms with Crippen molar-refractivity contribution >= 4 is 23.4 Å². The highest BCUT2D eigenvalue weighted by atomic mass is 16.5. The number of nitrogens with one attached hydrogen (secondary N) is 1. The minimum atomic E-state index is -0.147. The van der Waals surface area contributed by atoms with Gasteiger partial charge in [-0.3, -0.25) is 4.79 Å². The zero-order chi connectivity index (χ0) is 19.6. The van der Waals surface area contributed by atoms with E-state index in [1.807, 2.05) is 59.1 Å². The van der Waals surface area contributed by atoms with Crippen LogP contribution in [0.4, 0.5) is 11.4 Å². The first-order valence-electron chi connectivity index (χ1n) is 9.09. The Bertz CT molecular complexity index is 877. The lowest BCUT2D eigenvalue weighted by atomic mass is 10.0. The van der Waals surface area contributed by atoms with Gasteiger partial charge in [-0.15, -0.1) is 0 Å². The summed E-state index contributed by atoms with van der Waals surface area (Å²) in [5.41, 5.74) is 5.47. The van der Waals surface area contributed by atoms with Crippen LogP contribution in [0.25, 0.3) is 6.08 Å². The molecule has 0 fully saturated rings. The van der Waals surface area contributed by atoms with E-state index in [9.17, 15) is 4.79 Å². The number of aryl methyl sites for hydroxylation is 2. The number of ether oxygens (including phenoxy) is 2. The van der Waals surface area contributed by atoms with Gasteiger partial charge in [0.2, 0.25) is 0 Å². The van der Waals surface area contributed by atoms with Crippen LogP contribution in [0, 0.1) is 13.8 Å². The van der Waals surface area contributed by atoms with Crippen LogP contribution in [0.1, 0.15) is 23.6 Å². The van der Waals surface area contributed by atoms with E-state index in [4.69, 9.17) is 9.47 Å². The molecular formula is C22H26N2O3. The lowest BCUT2D eigenvalue weighted by Crippen LogP contribution is -2.22. The van der Waals surface area contributed by atoms with Crippen molar-refractivity contribution in [3.05, 3.63) is 52.6 Å². The Labute approximate surface area is 160 Å². The van der Waals surface area contributed by atoms with Gasteiger partial charge in [0.25, 0.3) is 5.91 Å². The monoisotopic (exact) mass is 366 g/mol. The van der Waals surface area contributed by atoms with Crippen molar-refractivity contribution in [3.8, 4) is 11.5 Å². The molecule has 142 valence electrons. The fourth-order valence-corrected chi connectivity index (χ4v) is 3.13. The molecule has 5 nitrogen and oxygen atoms in total. The molecule has 5 heteroatoms. The van der Waals surface area contributed by atoms with Gasteiger partial charge in [-0.05, 0) is 68.3 Å². The number of rotatable bonds is 5. The summed E-state index contributed by atoms with van der Waals surface area (Å²) in [6, 6.07) is 9.78. The van der Waals surface area contributed by atoms with Gasteiger partial charge in [-0.2, -0.15) is 0 Å². The Hall–Kier alpha value is -2.95. The molecular weight excluding hydrogens is 340 g/mol. The topological polar surface area (TPSA) is 50.8 Å². The molecule has 0 saturated heterocycles. The van der Waals surface area contributed by atoms with Gasteiger partial charge in [0, 0.05) is 31.0 Å². The Balaban J connectivity index is 1.84. The summed E-state index contributed by atoms with van der Waals surface area (Å²) in [7, 11) is 4.01. The van der Waals surface area contributed by atoms with E-state index in [-0.39, 0.29) is 12.5 Å². The number of carbonyl (C=O) groups excluding carboxylic acids is 1. The zero-order valence-corrected chi connectivity index (χ0v) is 16.6. The fourth-order valence-electron chi connectivity index (χ4n) is 3.13. The minimum absolute atomic E-state index is 0.147. The lowest BCUT2D eigenvalue weighted by Gasteiger charge is -2.21. The second-order valence-electron chi connectivity index (χ2n) is 6.89. The maximum atomic E-state index is 12.8. The summed E-state index contributed by atoms with van der Waals surface area (Å²) in [5.74, 6) is 1.38. The SMILES string of the molecule is CCOc1ccc2c(c1)C=C(C(=O)Nc1c(C)cc(N(C)C)cc1C)CO2. The number of amides is 1. The molecule has 1 amide bonds. The molecule has 0 aliphatic carbocycles. The summed E-state index contributed by atoms with van der Waals surface area (Å²) in [6.07, 6.45) is 1.87. The van der Waals surface area contributed by atoms with Gasteiger partial charge in [0.1, 0.15) is 18.1 Å². The van der Waals surface area contributed by atoms with Crippen LogP contribution >= 0.6 is 0 Å². The van der Waals surface area contributed by atoms with Gasteiger partial charge in [-0.25, -0.2) is 0 Å². The van der Waals surface area contributed by atoms with Crippen molar-refractivity contribution in [2.75, 3.05) is 37.5 Å². The average Bonchev–Trinajstić information content (AvgIpc) is 2.64. The molecule has 3 rings (SSSR count). The van der Waals surface area contributed by atoms with Crippen LogP contribution in [0.5, 0.6) is 11.5 Å². The molecule has 1 heterocycles. The van der Waals surface area contributed by atoms with Crippen LogP contribution in [0.15, 0.2) is 35.9 Å². The Kier molecular flexibility index (Phi) is 5.40. The van der Waals surface area contributed by atoms with Crippen molar-refractivity contribution in [1.29, 1.82) is 0 Å². The summed E-state index contributed by atoms with van der Waals surface area (Å²) >= 11 is 0. The number of nitrogens with zero attached hydrogens (tertiary/aromatic N) is 1. The number of benzene rings is 2. The Morgan fingerprint density at radius 1 is 1.19 bits per heavy atom. The minimum Gasteiger partial charge on any atom is -0.494 e. The number of carbonyl (C=O) groups is 1. The third-order valence-corrected chi connectivity index (χ3v) is 4.57. The molecule has 1 aliphatic rings. The highest BCUT2D eigenvalue weighted by molar-refractivity contribution is 6.08. The molecule has 0 radical (unpaired) electrons. The molecule has 0 unspecified atom stereocenters.